The van der Waals surface area contributed by atoms with E-state index in [9.17, 15) is 18.0 Å². The molecule has 1 aliphatic rings. The molecule has 1 aliphatic heterocycles. The van der Waals surface area contributed by atoms with Gasteiger partial charge in [-0.3, -0.25) is 14.5 Å². The lowest BCUT2D eigenvalue weighted by Crippen LogP contribution is -2.54. The molecule has 166 valence electrons. The highest BCUT2D eigenvalue weighted by molar-refractivity contribution is 7.89. The van der Waals surface area contributed by atoms with Crippen molar-refractivity contribution in [3.8, 4) is 0 Å². The van der Waals surface area contributed by atoms with Gasteiger partial charge in [0.1, 0.15) is 0 Å². The van der Waals surface area contributed by atoms with Gasteiger partial charge in [0.2, 0.25) is 21.8 Å². The van der Waals surface area contributed by atoms with Gasteiger partial charge in [0.15, 0.2) is 0 Å². The Morgan fingerprint density at radius 1 is 1.00 bits per heavy atom. The number of amides is 2. The molecular weight excluding hydrogens is 440 g/mol. The highest BCUT2D eigenvalue weighted by Gasteiger charge is 2.28. The second-order valence-electron chi connectivity index (χ2n) is 7.29. The summed E-state index contributed by atoms with van der Waals surface area (Å²) in [7, 11) is -3.77. The van der Waals surface area contributed by atoms with Gasteiger partial charge < -0.3 is 10.2 Å². The van der Waals surface area contributed by atoms with Gasteiger partial charge in [-0.1, -0.05) is 41.9 Å². The molecule has 2 amide bonds. The molecular formula is C21H25ClN4O4S. The normalized spacial score (nSPS) is 16.0. The van der Waals surface area contributed by atoms with Crippen molar-refractivity contribution in [1.29, 1.82) is 0 Å². The second-order valence-corrected chi connectivity index (χ2v) is 9.41. The first kappa shape index (κ1) is 23.2. The predicted octanol–water partition coefficient (Wildman–Crippen LogP) is 1.79. The van der Waals surface area contributed by atoms with Crippen LogP contribution in [0.2, 0.25) is 5.02 Å². The molecule has 8 nitrogen and oxygen atoms in total. The number of piperazine rings is 1. The topological polar surface area (TPSA) is 98.8 Å². The zero-order valence-corrected chi connectivity index (χ0v) is 18.7. The third-order valence-electron chi connectivity index (χ3n) is 4.95. The third-order valence-corrected chi connectivity index (χ3v) is 6.84. The number of carbonyl (C=O) groups excluding carboxylic acids is 2. The van der Waals surface area contributed by atoms with Crippen molar-refractivity contribution in [2.24, 2.45) is 0 Å². The molecule has 1 fully saturated rings. The molecule has 1 saturated heterocycles. The zero-order valence-electron chi connectivity index (χ0n) is 17.1. The molecule has 0 aromatic heterocycles. The number of anilines is 1. The maximum atomic E-state index is 12.7. The molecule has 3 rings (SSSR count). The monoisotopic (exact) mass is 464 g/mol. The molecule has 1 atom stereocenters. The quantitative estimate of drug-likeness (QED) is 0.651. The summed E-state index contributed by atoms with van der Waals surface area (Å²) in [5, 5.41) is 3.25. The van der Waals surface area contributed by atoms with E-state index in [1.165, 1.54) is 19.1 Å². The molecule has 0 aliphatic carbocycles. The van der Waals surface area contributed by atoms with Gasteiger partial charge in [-0.25, -0.2) is 8.42 Å². The molecule has 1 heterocycles. The summed E-state index contributed by atoms with van der Waals surface area (Å²) in [6, 6.07) is 14.1. The minimum atomic E-state index is -3.77. The average Bonchev–Trinajstić information content (AvgIpc) is 2.75. The number of benzene rings is 2. The number of nitrogens with zero attached hydrogens (tertiary/aromatic N) is 2. The van der Waals surface area contributed by atoms with Crippen molar-refractivity contribution in [3.63, 3.8) is 0 Å². The van der Waals surface area contributed by atoms with E-state index in [0.29, 0.717) is 36.9 Å². The van der Waals surface area contributed by atoms with Crippen molar-refractivity contribution in [3.05, 3.63) is 59.6 Å². The number of carbonyl (C=O) groups is 2. The van der Waals surface area contributed by atoms with Crippen LogP contribution in [0.15, 0.2) is 59.5 Å². The number of rotatable bonds is 7. The summed E-state index contributed by atoms with van der Waals surface area (Å²) in [5.74, 6) is -0.475. The van der Waals surface area contributed by atoms with Gasteiger partial charge in [-0.2, -0.15) is 4.72 Å². The fourth-order valence-electron chi connectivity index (χ4n) is 3.31. The van der Waals surface area contributed by atoms with Crippen LogP contribution >= 0.6 is 11.6 Å². The predicted molar refractivity (Wildman–Crippen MR) is 119 cm³/mol. The van der Waals surface area contributed by atoms with E-state index in [4.69, 9.17) is 11.6 Å². The molecule has 0 spiro atoms. The Labute approximate surface area is 187 Å². The van der Waals surface area contributed by atoms with Gasteiger partial charge in [-0.15, -0.1) is 0 Å². The van der Waals surface area contributed by atoms with E-state index in [1.54, 1.807) is 47.4 Å². The molecule has 10 heteroatoms. The maximum absolute atomic E-state index is 12.7. The number of nitrogens with one attached hydrogen (secondary N) is 2. The Kier molecular flexibility index (Phi) is 7.66. The Morgan fingerprint density at radius 2 is 1.61 bits per heavy atom. The van der Waals surface area contributed by atoms with Gasteiger partial charge in [0.05, 0.1) is 28.2 Å². The number of sulfonamides is 1. The minimum absolute atomic E-state index is 0.115. The number of halogens is 1. The van der Waals surface area contributed by atoms with Crippen molar-refractivity contribution in [2.75, 3.05) is 38.0 Å². The van der Waals surface area contributed by atoms with Gasteiger partial charge in [0, 0.05) is 26.2 Å². The van der Waals surface area contributed by atoms with Crippen LogP contribution < -0.4 is 10.0 Å². The third kappa shape index (κ3) is 6.27. The van der Waals surface area contributed by atoms with Crippen molar-refractivity contribution >= 4 is 39.1 Å². The average molecular weight is 465 g/mol. The van der Waals surface area contributed by atoms with Crippen molar-refractivity contribution in [2.45, 2.75) is 17.9 Å². The zero-order chi connectivity index (χ0) is 22.4. The first-order valence-electron chi connectivity index (χ1n) is 9.89. The minimum Gasteiger partial charge on any atom is -0.339 e. The van der Waals surface area contributed by atoms with Gasteiger partial charge >= 0.3 is 0 Å². The van der Waals surface area contributed by atoms with E-state index in [0.717, 1.165) is 0 Å². The van der Waals surface area contributed by atoms with E-state index < -0.39 is 16.1 Å². The van der Waals surface area contributed by atoms with E-state index in [2.05, 4.69) is 10.0 Å². The summed E-state index contributed by atoms with van der Waals surface area (Å²) < 4.78 is 27.3. The summed E-state index contributed by atoms with van der Waals surface area (Å²) in [4.78, 5) is 28.6. The van der Waals surface area contributed by atoms with Crippen LogP contribution in [-0.4, -0.2) is 68.8 Å². The van der Waals surface area contributed by atoms with Crippen LogP contribution in [0.4, 0.5) is 5.69 Å². The summed E-state index contributed by atoms with van der Waals surface area (Å²) >= 11 is 6.06. The standard InChI is InChI=1S/C21H25ClN4O4S/c1-16(24-31(29,30)17-7-3-2-4-8-17)21(28)26-13-11-25(12-14-26)15-20(27)23-19-10-6-5-9-18(19)22/h2-10,16,24H,11-15H2,1H3,(H,23,27)/t16-/m0/s1. The molecule has 0 radical (unpaired) electrons. The summed E-state index contributed by atoms with van der Waals surface area (Å²) in [6.45, 7) is 3.57. The maximum Gasteiger partial charge on any atom is 0.241 e. The smallest absolute Gasteiger partial charge is 0.241 e. The molecule has 0 bridgehead atoms. The van der Waals surface area contributed by atoms with Crippen LogP contribution in [0, 0.1) is 0 Å². The first-order valence-corrected chi connectivity index (χ1v) is 11.8. The van der Waals surface area contributed by atoms with Crippen LogP contribution in [0.25, 0.3) is 0 Å². The van der Waals surface area contributed by atoms with Crippen molar-refractivity contribution < 1.29 is 18.0 Å². The van der Waals surface area contributed by atoms with Crippen LogP contribution in [0.1, 0.15) is 6.92 Å². The Balaban J connectivity index is 1.48. The van der Waals surface area contributed by atoms with Crippen LogP contribution in [0.3, 0.4) is 0 Å². The summed E-state index contributed by atoms with van der Waals surface area (Å²) in [6.07, 6.45) is 0. The molecule has 2 aromatic rings. The molecule has 31 heavy (non-hydrogen) atoms. The highest BCUT2D eigenvalue weighted by atomic mass is 35.5. The Bertz CT molecular complexity index is 1020. The Hall–Kier alpha value is -2.46. The highest BCUT2D eigenvalue weighted by Crippen LogP contribution is 2.20. The fourth-order valence-corrected chi connectivity index (χ4v) is 4.71. The second kappa shape index (κ2) is 10.2. The van der Waals surface area contributed by atoms with Gasteiger partial charge in [0.25, 0.3) is 0 Å². The van der Waals surface area contributed by atoms with Crippen LogP contribution in [-0.2, 0) is 19.6 Å². The number of hydrogen-bond donors (Lipinski definition) is 2. The molecule has 2 aromatic carbocycles. The van der Waals surface area contributed by atoms with Gasteiger partial charge in [-0.05, 0) is 31.2 Å². The lowest BCUT2D eigenvalue weighted by molar-refractivity contribution is -0.134. The molecule has 0 unspecified atom stereocenters. The van der Waals surface area contributed by atoms with E-state index >= 15 is 0 Å². The molecule has 0 saturated carbocycles. The van der Waals surface area contributed by atoms with Crippen molar-refractivity contribution in [1.82, 2.24) is 14.5 Å². The number of para-hydroxylation sites is 1. The SMILES string of the molecule is C[C@H](NS(=O)(=O)c1ccccc1)C(=O)N1CCN(CC(=O)Nc2ccccc2Cl)CC1. The lowest BCUT2D eigenvalue weighted by atomic mass is 10.2. The molecule has 2 N–H and O–H groups in total. The largest absolute Gasteiger partial charge is 0.339 e. The van der Waals surface area contributed by atoms with Crippen LogP contribution in [0.5, 0.6) is 0 Å². The fraction of sp³-hybridized carbons (Fsp3) is 0.333. The Morgan fingerprint density at radius 3 is 2.26 bits per heavy atom. The summed E-state index contributed by atoms with van der Waals surface area (Å²) in [5.41, 5.74) is 0.558. The lowest BCUT2D eigenvalue weighted by Gasteiger charge is -2.35. The first-order chi connectivity index (χ1) is 14.8. The number of hydrogen-bond acceptors (Lipinski definition) is 5. The van der Waals surface area contributed by atoms with E-state index in [-0.39, 0.29) is 23.3 Å². The van der Waals surface area contributed by atoms with E-state index in [1.807, 2.05) is 4.90 Å².